The molecule has 1 saturated carbocycles. The van der Waals surface area contributed by atoms with Crippen LogP contribution in [0.5, 0.6) is 0 Å². The van der Waals surface area contributed by atoms with Crippen molar-refractivity contribution in [2.24, 2.45) is 5.92 Å². The van der Waals surface area contributed by atoms with Gasteiger partial charge in [-0.2, -0.15) is 0 Å². The number of nitrogens with one attached hydrogen (secondary N) is 1. The first-order valence-corrected chi connectivity index (χ1v) is 13.3. The van der Waals surface area contributed by atoms with E-state index in [1.807, 2.05) is 0 Å². The summed E-state index contributed by atoms with van der Waals surface area (Å²) in [6, 6.07) is 6.67. The van der Waals surface area contributed by atoms with E-state index in [9.17, 15) is 19.2 Å². The summed E-state index contributed by atoms with van der Waals surface area (Å²) < 4.78 is 5.08. The molecule has 0 atom stereocenters. The second kappa shape index (κ2) is 11.8. The highest BCUT2D eigenvalue weighted by Gasteiger charge is 2.34. The zero-order valence-electron chi connectivity index (χ0n) is 20.1. The van der Waals surface area contributed by atoms with E-state index >= 15 is 0 Å². The van der Waals surface area contributed by atoms with Crippen molar-refractivity contribution >= 4 is 51.8 Å². The predicted octanol–water partition coefficient (Wildman–Crippen LogP) is 3.38. The molecule has 2 heterocycles. The number of likely N-dealkylation sites (tertiary alicyclic amines) is 1. The second-order valence-electron chi connectivity index (χ2n) is 8.95. The van der Waals surface area contributed by atoms with Crippen molar-refractivity contribution in [1.29, 1.82) is 0 Å². The number of nitrogens with zero attached hydrogens (tertiary/aromatic N) is 3. The molecule has 192 valence electrons. The van der Waals surface area contributed by atoms with E-state index in [2.05, 4.69) is 10.3 Å². The van der Waals surface area contributed by atoms with Gasteiger partial charge < -0.3 is 19.9 Å². The summed E-state index contributed by atoms with van der Waals surface area (Å²) in [7, 11) is 0. The molecule has 9 nitrogen and oxygen atoms in total. The van der Waals surface area contributed by atoms with Gasteiger partial charge in [-0.1, -0.05) is 11.6 Å². The molecular weight excluding hydrogens is 504 g/mol. The number of amides is 3. The molecule has 1 aliphatic heterocycles. The molecule has 1 saturated heterocycles. The van der Waals surface area contributed by atoms with Gasteiger partial charge in [0.05, 0.1) is 24.6 Å². The highest BCUT2D eigenvalue weighted by atomic mass is 35.5. The molecule has 1 N–H and O–H groups in total. The van der Waals surface area contributed by atoms with Crippen molar-refractivity contribution in [2.45, 2.75) is 45.1 Å². The molecular formula is C25H29ClN4O5S. The Hall–Kier alpha value is -2.98. The molecule has 3 amide bonds. The van der Waals surface area contributed by atoms with Gasteiger partial charge in [0.25, 0.3) is 5.91 Å². The van der Waals surface area contributed by atoms with Gasteiger partial charge in [0, 0.05) is 35.1 Å². The summed E-state index contributed by atoms with van der Waals surface area (Å²) in [4.78, 5) is 57.9. The minimum absolute atomic E-state index is 0.0522. The molecule has 2 fully saturated rings. The quantitative estimate of drug-likeness (QED) is 0.496. The van der Waals surface area contributed by atoms with Crippen LogP contribution in [0.4, 0.5) is 5.13 Å². The van der Waals surface area contributed by atoms with E-state index in [1.165, 1.54) is 11.3 Å². The molecule has 36 heavy (non-hydrogen) atoms. The smallest absolute Gasteiger partial charge is 0.309 e. The fourth-order valence-electron chi connectivity index (χ4n) is 4.16. The van der Waals surface area contributed by atoms with E-state index in [0.717, 1.165) is 12.8 Å². The van der Waals surface area contributed by atoms with Crippen molar-refractivity contribution in [2.75, 3.05) is 31.6 Å². The fourth-order valence-corrected chi connectivity index (χ4v) is 5.01. The zero-order valence-corrected chi connectivity index (χ0v) is 21.6. The zero-order chi connectivity index (χ0) is 25.7. The molecule has 11 heteroatoms. The lowest BCUT2D eigenvalue weighted by molar-refractivity contribution is -0.151. The summed E-state index contributed by atoms with van der Waals surface area (Å²) in [6.45, 7) is 3.09. The summed E-state index contributed by atoms with van der Waals surface area (Å²) in [5.74, 6) is -0.954. The molecule has 2 aromatic rings. The Bertz CT molecular complexity index is 1110. The summed E-state index contributed by atoms with van der Waals surface area (Å²) >= 11 is 7.16. The lowest BCUT2D eigenvalue weighted by Crippen LogP contribution is -2.41. The van der Waals surface area contributed by atoms with Gasteiger partial charge in [-0.05, 0) is 56.9 Å². The average Bonchev–Trinajstić information content (AvgIpc) is 3.63. The van der Waals surface area contributed by atoms with Crippen molar-refractivity contribution in [3.63, 3.8) is 0 Å². The molecule has 0 radical (unpaired) electrons. The van der Waals surface area contributed by atoms with Crippen LogP contribution in [-0.2, 0) is 25.5 Å². The number of aromatic nitrogens is 1. The maximum absolute atomic E-state index is 12.9. The number of halogens is 1. The minimum atomic E-state index is -0.336. The van der Waals surface area contributed by atoms with Crippen LogP contribution in [0.2, 0.25) is 5.02 Å². The summed E-state index contributed by atoms with van der Waals surface area (Å²) in [6.07, 6.45) is 3.05. The number of carbonyl (C=O) groups is 4. The Morgan fingerprint density at radius 3 is 2.47 bits per heavy atom. The maximum Gasteiger partial charge on any atom is 0.309 e. The third-order valence-corrected chi connectivity index (χ3v) is 7.31. The van der Waals surface area contributed by atoms with Crippen molar-refractivity contribution in [3.8, 4) is 0 Å². The Labute approximate surface area is 218 Å². The van der Waals surface area contributed by atoms with Crippen molar-refractivity contribution in [3.05, 3.63) is 45.9 Å². The van der Waals surface area contributed by atoms with E-state index < -0.39 is 0 Å². The molecule has 4 rings (SSSR count). The number of benzene rings is 1. The lowest BCUT2D eigenvalue weighted by atomic mass is 9.97. The van der Waals surface area contributed by atoms with Crippen molar-refractivity contribution in [1.82, 2.24) is 14.8 Å². The molecule has 0 unspecified atom stereocenters. The Kier molecular flexibility index (Phi) is 8.58. The average molecular weight is 533 g/mol. The molecule has 0 spiro atoms. The number of esters is 1. The standard InChI is InChI=1S/C25H29ClN4O5S/c1-2-35-24(34)17-9-11-29(12-10-17)22(32)13-19-15-36-25(27-19)28-21(31)14-30(20-7-8-20)23(33)16-3-5-18(26)6-4-16/h3-6,15,17,20H,2,7-14H2,1H3,(H,27,28,31). The normalized spacial score (nSPS) is 15.9. The van der Waals surface area contributed by atoms with Crippen LogP contribution in [0.1, 0.15) is 48.7 Å². The Morgan fingerprint density at radius 2 is 1.83 bits per heavy atom. The SMILES string of the molecule is CCOC(=O)C1CCN(C(=O)Cc2csc(NC(=O)CN(C(=O)c3ccc(Cl)cc3)C3CC3)n2)CC1. The van der Waals surface area contributed by atoms with Crippen LogP contribution in [0.15, 0.2) is 29.6 Å². The third kappa shape index (κ3) is 6.82. The van der Waals surface area contributed by atoms with E-state index in [-0.39, 0.29) is 48.6 Å². The van der Waals surface area contributed by atoms with E-state index in [1.54, 1.807) is 46.4 Å². The Morgan fingerprint density at radius 1 is 1.14 bits per heavy atom. The van der Waals surface area contributed by atoms with E-state index in [4.69, 9.17) is 16.3 Å². The topological polar surface area (TPSA) is 109 Å². The summed E-state index contributed by atoms with van der Waals surface area (Å²) in [5.41, 5.74) is 1.06. The highest BCUT2D eigenvalue weighted by molar-refractivity contribution is 7.13. The Balaban J connectivity index is 1.27. The molecule has 0 bridgehead atoms. The number of ether oxygens (including phenoxy) is 1. The maximum atomic E-state index is 12.9. The van der Waals surface area contributed by atoms with Crippen LogP contribution in [-0.4, -0.2) is 70.8 Å². The predicted molar refractivity (Wildman–Crippen MR) is 136 cm³/mol. The number of piperidine rings is 1. The molecule has 1 aliphatic carbocycles. The lowest BCUT2D eigenvalue weighted by Gasteiger charge is -2.30. The van der Waals surface area contributed by atoms with Gasteiger partial charge in [0.15, 0.2) is 5.13 Å². The van der Waals surface area contributed by atoms with E-state index in [0.29, 0.717) is 53.9 Å². The second-order valence-corrected chi connectivity index (χ2v) is 10.2. The van der Waals surface area contributed by atoms with Crippen LogP contribution >= 0.6 is 22.9 Å². The third-order valence-electron chi connectivity index (χ3n) is 6.25. The monoisotopic (exact) mass is 532 g/mol. The van der Waals surface area contributed by atoms with Crippen LogP contribution in [0.3, 0.4) is 0 Å². The van der Waals surface area contributed by atoms with Crippen LogP contribution in [0.25, 0.3) is 0 Å². The number of anilines is 1. The van der Waals surface area contributed by atoms with Gasteiger partial charge in [0.2, 0.25) is 11.8 Å². The van der Waals surface area contributed by atoms with Gasteiger partial charge in [0.1, 0.15) is 6.54 Å². The number of rotatable bonds is 9. The number of hydrogen-bond donors (Lipinski definition) is 1. The number of hydrogen-bond acceptors (Lipinski definition) is 7. The first-order valence-electron chi connectivity index (χ1n) is 12.1. The van der Waals surface area contributed by atoms with Gasteiger partial charge in [-0.15, -0.1) is 11.3 Å². The first-order chi connectivity index (χ1) is 17.3. The minimum Gasteiger partial charge on any atom is -0.466 e. The largest absolute Gasteiger partial charge is 0.466 e. The molecule has 1 aromatic heterocycles. The van der Waals surface area contributed by atoms with Gasteiger partial charge >= 0.3 is 5.97 Å². The number of carbonyl (C=O) groups excluding carboxylic acids is 4. The van der Waals surface area contributed by atoms with Gasteiger partial charge in [-0.3, -0.25) is 19.2 Å². The fraction of sp³-hybridized carbons (Fsp3) is 0.480. The first kappa shape index (κ1) is 26.1. The molecule has 2 aliphatic rings. The molecule has 1 aromatic carbocycles. The summed E-state index contributed by atoms with van der Waals surface area (Å²) in [5, 5.41) is 5.43. The van der Waals surface area contributed by atoms with Gasteiger partial charge in [-0.25, -0.2) is 4.98 Å². The van der Waals surface area contributed by atoms with Crippen molar-refractivity contribution < 1.29 is 23.9 Å². The highest BCUT2D eigenvalue weighted by Crippen LogP contribution is 2.29. The number of thiazole rings is 1. The van der Waals surface area contributed by atoms with Crippen LogP contribution < -0.4 is 5.32 Å². The van der Waals surface area contributed by atoms with Crippen LogP contribution in [0, 0.1) is 5.92 Å².